The van der Waals surface area contributed by atoms with Crippen molar-refractivity contribution in [3.8, 4) is 0 Å². The molecule has 0 bridgehead atoms. The number of carbonyl (C=O) groups is 1. The van der Waals surface area contributed by atoms with Crippen LogP contribution in [0.1, 0.15) is 23.2 Å². The van der Waals surface area contributed by atoms with Gasteiger partial charge in [0.15, 0.2) is 0 Å². The largest absolute Gasteiger partial charge is 0.381 e. The maximum absolute atomic E-state index is 13.2. The van der Waals surface area contributed by atoms with Crippen LogP contribution in [0.15, 0.2) is 18.3 Å². The second-order valence-electron chi connectivity index (χ2n) is 4.12. The van der Waals surface area contributed by atoms with Crippen molar-refractivity contribution in [3.63, 3.8) is 0 Å². The van der Waals surface area contributed by atoms with E-state index in [0.29, 0.717) is 12.5 Å². The number of hydrogen-bond acceptors (Lipinski definition) is 3. The summed E-state index contributed by atoms with van der Waals surface area (Å²) in [5.74, 6) is -0.627. The lowest BCUT2D eigenvalue weighted by molar-refractivity contribution is 0.0945. The second kappa shape index (κ2) is 5.72. The summed E-state index contributed by atoms with van der Waals surface area (Å²) in [6.07, 6.45) is 3.23. The molecule has 1 aliphatic rings. The van der Waals surface area contributed by atoms with E-state index in [1.165, 1.54) is 12.3 Å². The summed E-state index contributed by atoms with van der Waals surface area (Å²) >= 11 is 0. The molecule has 0 spiro atoms. The number of ether oxygens (including phenoxy) is 1. The van der Waals surface area contributed by atoms with E-state index in [0.717, 1.165) is 26.1 Å². The van der Waals surface area contributed by atoms with Crippen molar-refractivity contribution in [1.82, 2.24) is 10.3 Å². The van der Waals surface area contributed by atoms with Crippen molar-refractivity contribution >= 4 is 5.91 Å². The van der Waals surface area contributed by atoms with Crippen molar-refractivity contribution in [2.45, 2.75) is 12.8 Å². The van der Waals surface area contributed by atoms with Crippen molar-refractivity contribution in [3.05, 3.63) is 29.8 Å². The molecule has 2 heterocycles. The first-order valence-electron chi connectivity index (χ1n) is 5.74. The second-order valence-corrected chi connectivity index (χ2v) is 4.12. The lowest BCUT2D eigenvalue weighted by atomic mass is 10.1. The maximum atomic E-state index is 13.2. The van der Waals surface area contributed by atoms with E-state index >= 15 is 0 Å². The third kappa shape index (κ3) is 3.23. The standard InChI is InChI=1S/C12H15FN2O2/c13-11-10(2-1-5-14-11)12(16)15-6-3-9-4-7-17-8-9/h1-2,5,9H,3-4,6-8H2,(H,15,16). The molecule has 1 amide bonds. The fraction of sp³-hybridized carbons (Fsp3) is 0.500. The van der Waals surface area contributed by atoms with Gasteiger partial charge >= 0.3 is 0 Å². The van der Waals surface area contributed by atoms with Crippen LogP contribution in [0, 0.1) is 11.9 Å². The third-order valence-electron chi connectivity index (χ3n) is 2.87. The number of aromatic nitrogens is 1. The van der Waals surface area contributed by atoms with Gasteiger partial charge < -0.3 is 10.1 Å². The van der Waals surface area contributed by atoms with Gasteiger partial charge in [0.25, 0.3) is 5.91 Å². The van der Waals surface area contributed by atoms with Crippen LogP contribution in [0.25, 0.3) is 0 Å². The van der Waals surface area contributed by atoms with Crippen LogP contribution in [-0.2, 0) is 4.74 Å². The van der Waals surface area contributed by atoms with Gasteiger partial charge in [-0.3, -0.25) is 4.79 Å². The summed E-state index contributed by atoms with van der Waals surface area (Å²) in [5, 5.41) is 2.69. The highest BCUT2D eigenvalue weighted by Crippen LogP contribution is 2.15. The van der Waals surface area contributed by atoms with E-state index in [1.807, 2.05) is 0 Å². The molecule has 1 saturated heterocycles. The van der Waals surface area contributed by atoms with Gasteiger partial charge in [-0.05, 0) is 30.9 Å². The number of rotatable bonds is 4. The molecule has 1 atom stereocenters. The van der Waals surface area contributed by atoms with Gasteiger partial charge in [0.2, 0.25) is 5.95 Å². The van der Waals surface area contributed by atoms with E-state index in [9.17, 15) is 9.18 Å². The van der Waals surface area contributed by atoms with E-state index in [-0.39, 0.29) is 5.56 Å². The van der Waals surface area contributed by atoms with E-state index in [1.54, 1.807) is 6.07 Å². The van der Waals surface area contributed by atoms with Crippen molar-refractivity contribution in [2.75, 3.05) is 19.8 Å². The summed E-state index contributed by atoms with van der Waals surface area (Å²) in [7, 11) is 0. The predicted octanol–water partition coefficient (Wildman–Crippen LogP) is 1.38. The Kier molecular flexibility index (Phi) is 4.03. The molecule has 92 valence electrons. The Balaban J connectivity index is 1.79. The third-order valence-corrected chi connectivity index (χ3v) is 2.87. The van der Waals surface area contributed by atoms with Gasteiger partial charge in [-0.15, -0.1) is 0 Å². The molecule has 1 fully saturated rings. The zero-order chi connectivity index (χ0) is 12.1. The summed E-state index contributed by atoms with van der Waals surface area (Å²) < 4.78 is 18.4. The number of pyridine rings is 1. The van der Waals surface area contributed by atoms with Gasteiger partial charge in [0.05, 0.1) is 5.56 Å². The average Bonchev–Trinajstić information content (AvgIpc) is 2.82. The summed E-state index contributed by atoms with van der Waals surface area (Å²) in [5.41, 5.74) is -0.00447. The molecule has 1 unspecified atom stereocenters. The van der Waals surface area contributed by atoms with Crippen LogP contribution < -0.4 is 5.32 Å². The van der Waals surface area contributed by atoms with Crippen molar-refractivity contribution in [2.24, 2.45) is 5.92 Å². The Morgan fingerprint density at radius 1 is 1.65 bits per heavy atom. The fourth-order valence-electron chi connectivity index (χ4n) is 1.85. The van der Waals surface area contributed by atoms with E-state index < -0.39 is 11.9 Å². The van der Waals surface area contributed by atoms with Crippen molar-refractivity contribution < 1.29 is 13.9 Å². The maximum Gasteiger partial charge on any atom is 0.255 e. The average molecular weight is 238 g/mol. The zero-order valence-electron chi connectivity index (χ0n) is 9.49. The first-order chi connectivity index (χ1) is 8.27. The summed E-state index contributed by atoms with van der Waals surface area (Å²) in [6, 6.07) is 2.97. The molecule has 5 heteroatoms. The summed E-state index contributed by atoms with van der Waals surface area (Å²) in [6.45, 7) is 2.11. The summed E-state index contributed by atoms with van der Waals surface area (Å²) in [4.78, 5) is 15.1. The molecule has 0 aliphatic carbocycles. The van der Waals surface area contributed by atoms with Gasteiger partial charge in [0, 0.05) is 26.0 Å². The SMILES string of the molecule is O=C(NCCC1CCOC1)c1cccnc1F. The lowest BCUT2D eigenvalue weighted by Crippen LogP contribution is -2.27. The molecule has 2 rings (SSSR count). The molecule has 1 N–H and O–H groups in total. The van der Waals surface area contributed by atoms with E-state index in [4.69, 9.17) is 4.74 Å². The molecule has 1 aromatic heterocycles. The highest BCUT2D eigenvalue weighted by Gasteiger charge is 2.16. The Bertz CT molecular complexity index is 392. The number of nitrogens with zero attached hydrogens (tertiary/aromatic N) is 1. The smallest absolute Gasteiger partial charge is 0.255 e. The minimum atomic E-state index is -0.728. The molecule has 0 saturated carbocycles. The van der Waals surface area contributed by atoms with Crippen LogP contribution in [-0.4, -0.2) is 30.6 Å². The Labute approximate surface area is 99.2 Å². The first-order valence-corrected chi connectivity index (χ1v) is 5.74. The van der Waals surface area contributed by atoms with Crippen LogP contribution in [0.2, 0.25) is 0 Å². The molecule has 1 aromatic rings. The number of amides is 1. The zero-order valence-corrected chi connectivity index (χ0v) is 9.49. The number of halogens is 1. The molecular weight excluding hydrogens is 223 g/mol. The van der Waals surface area contributed by atoms with Crippen LogP contribution in [0.5, 0.6) is 0 Å². The molecule has 1 aliphatic heterocycles. The van der Waals surface area contributed by atoms with E-state index in [2.05, 4.69) is 10.3 Å². The predicted molar refractivity (Wildman–Crippen MR) is 60.1 cm³/mol. The first kappa shape index (κ1) is 12.0. The topological polar surface area (TPSA) is 51.2 Å². The van der Waals surface area contributed by atoms with Gasteiger partial charge in [-0.25, -0.2) is 4.98 Å². The minimum absolute atomic E-state index is 0.00447. The Morgan fingerprint density at radius 2 is 2.53 bits per heavy atom. The number of hydrogen-bond donors (Lipinski definition) is 1. The monoisotopic (exact) mass is 238 g/mol. The van der Waals surface area contributed by atoms with Crippen LogP contribution in [0.3, 0.4) is 0 Å². The number of nitrogens with one attached hydrogen (secondary N) is 1. The minimum Gasteiger partial charge on any atom is -0.381 e. The fourth-order valence-corrected chi connectivity index (χ4v) is 1.85. The van der Waals surface area contributed by atoms with Crippen molar-refractivity contribution in [1.29, 1.82) is 0 Å². The Morgan fingerprint density at radius 3 is 3.24 bits per heavy atom. The van der Waals surface area contributed by atoms with Crippen LogP contribution in [0.4, 0.5) is 4.39 Å². The molecule has 0 aromatic carbocycles. The normalized spacial score (nSPS) is 19.2. The quantitative estimate of drug-likeness (QED) is 0.806. The number of carbonyl (C=O) groups excluding carboxylic acids is 1. The highest BCUT2D eigenvalue weighted by molar-refractivity contribution is 5.94. The van der Waals surface area contributed by atoms with Gasteiger partial charge in [0.1, 0.15) is 0 Å². The highest BCUT2D eigenvalue weighted by atomic mass is 19.1. The lowest BCUT2D eigenvalue weighted by Gasteiger charge is -2.08. The Hall–Kier alpha value is -1.49. The molecule has 0 radical (unpaired) electrons. The molecule has 4 nitrogen and oxygen atoms in total. The van der Waals surface area contributed by atoms with Gasteiger partial charge in [-0.2, -0.15) is 4.39 Å². The molecular formula is C12H15FN2O2. The van der Waals surface area contributed by atoms with Gasteiger partial charge in [-0.1, -0.05) is 0 Å². The van der Waals surface area contributed by atoms with Crippen LogP contribution >= 0.6 is 0 Å². The molecule has 17 heavy (non-hydrogen) atoms.